The molecule has 0 nitrogen and oxygen atoms in total. The van der Waals surface area contributed by atoms with E-state index in [1.165, 1.54) is 0 Å². The Labute approximate surface area is 49.2 Å². The summed E-state index contributed by atoms with van der Waals surface area (Å²) in [5, 5.41) is 0. The van der Waals surface area contributed by atoms with E-state index in [0.717, 1.165) is 0 Å². The molecular weight excluding hydrogens is 130 g/mol. The Hall–Kier alpha value is 0.580. The Kier molecular flexibility index (Phi) is 3.01. The molecule has 0 radical (unpaired) electrons. The first kappa shape index (κ1) is 7.58. The number of hydrogen-bond acceptors (Lipinski definition) is 1. The summed E-state index contributed by atoms with van der Waals surface area (Å²) < 4.78 is 12.5. The van der Waals surface area contributed by atoms with Gasteiger partial charge in [-0.05, 0) is 0 Å². The normalized spacial score (nSPS) is 11.9. The average Bonchev–Trinajstić information content (AvgIpc) is 1.68. The van der Waals surface area contributed by atoms with E-state index < -0.39 is 6.35 Å². The third kappa shape index (κ3) is 3.19. The van der Waals surface area contributed by atoms with Crippen LogP contribution in [-0.4, -0.2) is 12.3 Å². The van der Waals surface area contributed by atoms with Crippen molar-refractivity contribution in [3.63, 3.8) is 0 Å². The first-order valence-electron chi connectivity index (χ1n) is 2.40. The second kappa shape index (κ2) is 2.78. The predicted molar refractivity (Wildman–Crippen MR) is 36.5 cm³/mol. The molecular formula is C4H10FPS. The molecule has 0 aromatic carbocycles. The maximum absolute atomic E-state index is 12.5. The van der Waals surface area contributed by atoms with Crippen LogP contribution in [0.2, 0.25) is 0 Å². The highest BCUT2D eigenvalue weighted by Crippen LogP contribution is 2.46. The van der Waals surface area contributed by atoms with Gasteiger partial charge in [-0.2, -0.15) is 0 Å². The lowest BCUT2D eigenvalue weighted by molar-refractivity contribution is 0.880. The van der Waals surface area contributed by atoms with Crippen molar-refractivity contribution in [2.24, 2.45) is 0 Å². The summed E-state index contributed by atoms with van der Waals surface area (Å²) in [6.45, 7) is 3.62. The molecule has 0 unspecified atom stereocenters. The quantitative estimate of drug-likeness (QED) is 0.531. The molecule has 0 aliphatic carbocycles. The minimum absolute atomic E-state index is 0.554. The lowest BCUT2D eigenvalue weighted by Gasteiger charge is -2.02. The van der Waals surface area contributed by atoms with Crippen LogP contribution in [0.3, 0.4) is 0 Å². The molecule has 0 saturated heterocycles. The predicted octanol–water partition coefficient (Wildman–Crippen LogP) is 2.39. The maximum atomic E-state index is 12.5. The molecule has 0 aliphatic rings. The van der Waals surface area contributed by atoms with Gasteiger partial charge in [0.05, 0.1) is 0 Å². The second-order valence-corrected chi connectivity index (χ2v) is 6.23. The van der Waals surface area contributed by atoms with E-state index in [4.69, 9.17) is 0 Å². The van der Waals surface area contributed by atoms with Crippen LogP contribution in [0.4, 0.5) is 4.20 Å². The van der Waals surface area contributed by atoms with Crippen molar-refractivity contribution in [2.45, 2.75) is 13.8 Å². The zero-order chi connectivity index (χ0) is 5.91. The highest BCUT2D eigenvalue weighted by molar-refractivity contribution is 8.12. The minimum Gasteiger partial charge on any atom is -0.218 e. The maximum Gasteiger partial charge on any atom is 0.114 e. The van der Waals surface area contributed by atoms with E-state index in [1.54, 1.807) is 0 Å². The Morgan fingerprint density at radius 1 is 1.43 bits per heavy atom. The minimum atomic E-state index is -2.32. The van der Waals surface area contributed by atoms with Gasteiger partial charge in [-0.3, -0.25) is 0 Å². The topological polar surface area (TPSA) is 0 Å². The lowest BCUT2D eigenvalue weighted by Crippen LogP contribution is -1.78. The van der Waals surface area contributed by atoms with E-state index >= 15 is 0 Å². The van der Waals surface area contributed by atoms with Crippen LogP contribution in [0.1, 0.15) is 13.8 Å². The molecule has 0 rings (SSSR count). The van der Waals surface area contributed by atoms with Crippen molar-refractivity contribution in [3.05, 3.63) is 0 Å². The molecule has 0 aromatic rings. The molecule has 0 amide bonds. The Morgan fingerprint density at radius 2 is 1.71 bits per heavy atom. The highest BCUT2D eigenvalue weighted by Gasteiger charge is 2.06. The van der Waals surface area contributed by atoms with Gasteiger partial charge in [0.25, 0.3) is 0 Å². The molecule has 7 heavy (non-hydrogen) atoms. The molecule has 0 atom stereocenters. The zero-order valence-corrected chi connectivity index (χ0v) is 6.36. The van der Waals surface area contributed by atoms with Gasteiger partial charge in [-0.1, -0.05) is 25.7 Å². The molecule has 0 saturated carbocycles. The molecule has 0 heterocycles. The summed E-state index contributed by atoms with van der Waals surface area (Å²) in [6, 6.07) is 0. The summed E-state index contributed by atoms with van der Waals surface area (Å²) in [4.78, 5) is 0. The van der Waals surface area contributed by atoms with E-state index in [-0.39, 0.29) is 0 Å². The fraction of sp³-hybridized carbons (Fsp3) is 1.00. The van der Waals surface area contributed by atoms with Gasteiger partial charge < -0.3 is 0 Å². The smallest absolute Gasteiger partial charge is 0.114 e. The monoisotopic (exact) mass is 140 g/mol. The summed E-state index contributed by atoms with van der Waals surface area (Å²) in [6.07, 6.45) is -1.21. The zero-order valence-electron chi connectivity index (χ0n) is 4.65. The van der Waals surface area contributed by atoms with Gasteiger partial charge >= 0.3 is 0 Å². The number of rotatable bonds is 2. The lowest BCUT2D eigenvalue weighted by atomic mass is 11.0. The van der Waals surface area contributed by atoms with E-state index in [0.29, 0.717) is 12.3 Å². The standard InChI is InChI=1S/C4H10FPS/c1-3-6(5,7)4-2/h3-4H2,1-2H3. The first-order chi connectivity index (χ1) is 3.12. The molecule has 0 aromatic heterocycles. The van der Waals surface area contributed by atoms with Crippen LogP contribution < -0.4 is 0 Å². The Balaban J connectivity index is 3.61. The second-order valence-electron chi connectivity index (χ2n) is 1.42. The van der Waals surface area contributed by atoms with E-state index in [9.17, 15) is 4.20 Å². The molecule has 0 N–H and O–H groups in total. The summed E-state index contributed by atoms with van der Waals surface area (Å²) in [7, 11) is 0. The van der Waals surface area contributed by atoms with Crippen molar-refractivity contribution in [1.29, 1.82) is 0 Å². The SMILES string of the molecule is CCP(F)(=S)CC. The van der Waals surface area contributed by atoms with Crippen molar-refractivity contribution in [3.8, 4) is 0 Å². The van der Waals surface area contributed by atoms with Crippen molar-refractivity contribution in [2.75, 3.05) is 12.3 Å². The van der Waals surface area contributed by atoms with Crippen LogP contribution in [-0.2, 0) is 11.8 Å². The Morgan fingerprint density at radius 3 is 1.71 bits per heavy atom. The highest BCUT2D eigenvalue weighted by atomic mass is 32.5. The summed E-state index contributed by atoms with van der Waals surface area (Å²) in [5.74, 6) is 0. The van der Waals surface area contributed by atoms with E-state index in [2.05, 4.69) is 11.8 Å². The molecule has 0 fully saturated rings. The van der Waals surface area contributed by atoms with Gasteiger partial charge in [0, 0.05) is 12.3 Å². The average molecular weight is 140 g/mol. The third-order valence-electron chi connectivity index (χ3n) is 0.944. The van der Waals surface area contributed by atoms with Gasteiger partial charge in [0.1, 0.15) is 6.35 Å². The molecule has 0 spiro atoms. The van der Waals surface area contributed by atoms with Crippen LogP contribution in [0.5, 0.6) is 0 Å². The van der Waals surface area contributed by atoms with Crippen LogP contribution in [0.15, 0.2) is 0 Å². The fourth-order valence-corrected chi connectivity index (χ4v) is 0.671. The molecule has 0 bridgehead atoms. The van der Waals surface area contributed by atoms with E-state index in [1.807, 2.05) is 13.8 Å². The van der Waals surface area contributed by atoms with Gasteiger partial charge in [0.15, 0.2) is 0 Å². The number of halogens is 1. The first-order valence-corrected chi connectivity index (χ1v) is 5.46. The largest absolute Gasteiger partial charge is 0.218 e. The van der Waals surface area contributed by atoms with Gasteiger partial charge in [-0.15, -0.1) is 0 Å². The summed E-state index contributed by atoms with van der Waals surface area (Å²) >= 11 is 4.59. The molecule has 0 aliphatic heterocycles. The van der Waals surface area contributed by atoms with Gasteiger partial charge in [-0.25, -0.2) is 4.20 Å². The van der Waals surface area contributed by atoms with Crippen LogP contribution in [0, 0.1) is 0 Å². The molecule has 44 valence electrons. The third-order valence-corrected chi connectivity index (χ3v) is 4.38. The summed E-state index contributed by atoms with van der Waals surface area (Å²) in [5.41, 5.74) is 0. The Bertz CT molecular complexity index is 83.7. The van der Waals surface area contributed by atoms with Crippen molar-refractivity contribution >= 4 is 18.2 Å². The molecule has 3 heteroatoms. The van der Waals surface area contributed by atoms with Crippen molar-refractivity contribution in [1.82, 2.24) is 0 Å². The number of hydrogen-bond donors (Lipinski definition) is 0. The fourth-order valence-electron chi connectivity index (χ4n) is 0.224. The van der Waals surface area contributed by atoms with Gasteiger partial charge in [0.2, 0.25) is 0 Å². The van der Waals surface area contributed by atoms with Crippen LogP contribution >= 0.6 is 6.35 Å². The van der Waals surface area contributed by atoms with Crippen LogP contribution in [0.25, 0.3) is 0 Å². The van der Waals surface area contributed by atoms with Crippen molar-refractivity contribution < 1.29 is 4.20 Å².